The van der Waals surface area contributed by atoms with Gasteiger partial charge in [-0.3, -0.25) is 9.59 Å². The lowest BCUT2D eigenvalue weighted by molar-refractivity contribution is 0.0773. The fourth-order valence-corrected chi connectivity index (χ4v) is 4.93. The molecule has 2 N–H and O–H groups in total. The number of amides is 4. The molecule has 0 unspecified atom stereocenters. The standard InChI is InChI=1S/C32H39N5O5/c1-5-35(6-2)31(39)28-22-25(33-30(38)23-8-13-26(41-3)14-9-23)12-17-29(28)36-18-7-19-37(21-20-36)32(40)34-24-10-15-27(42-4)16-11-24/h8-17,22H,5-7,18-21H2,1-4H3,(H,33,38)(H,34,40). The van der Waals surface area contributed by atoms with Crippen molar-refractivity contribution in [2.45, 2.75) is 20.3 Å². The maximum atomic E-state index is 13.6. The molecule has 1 heterocycles. The Morgan fingerprint density at radius 3 is 2.00 bits per heavy atom. The van der Waals surface area contributed by atoms with Gasteiger partial charge in [-0.2, -0.15) is 0 Å². The predicted molar refractivity (Wildman–Crippen MR) is 165 cm³/mol. The molecule has 3 aromatic carbocycles. The lowest BCUT2D eigenvalue weighted by Gasteiger charge is -2.28. The summed E-state index contributed by atoms with van der Waals surface area (Å²) in [4.78, 5) is 45.3. The maximum Gasteiger partial charge on any atom is 0.321 e. The molecule has 42 heavy (non-hydrogen) atoms. The van der Waals surface area contributed by atoms with E-state index in [1.807, 2.05) is 26.0 Å². The van der Waals surface area contributed by atoms with E-state index in [4.69, 9.17) is 9.47 Å². The number of anilines is 3. The number of ether oxygens (including phenoxy) is 2. The topological polar surface area (TPSA) is 103 Å². The minimum Gasteiger partial charge on any atom is -0.497 e. The Labute approximate surface area is 247 Å². The van der Waals surface area contributed by atoms with Crippen LogP contribution in [0.3, 0.4) is 0 Å². The van der Waals surface area contributed by atoms with Gasteiger partial charge in [-0.25, -0.2) is 4.79 Å². The van der Waals surface area contributed by atoms with E-state index in [0.29, 0.717) is 67.5 Å². The Morgan fingerprint density at radius 1 is 0.762 bits per heavy atom. The van der Waals surface area contributed by atoms with Crippen molar-refractivity contribution in [3.8, 4) is 11.5 Å². The van der Waals surface area contributed by atoms with Crippen LogP contribution in [0.1, 0.15) is 41.0 Å². The third kappa shape index (κ3) is 7.31. The van der Waals surface area contributed by atoms with E-state index in [0.717, 1.165) is 17.9 Å². The monoisotopic (exact) mass is 573 g/mol. The Kier molecular flexibility index (Phi) is 10.3. The van der Waals surface area contributed by atoms with Crippen molar-refractivity contribution in [1.82, 2.24) is 9.80 Å². The summed E-state index contributed by atoms with van der Waals surface area (Å²) in [6.45, 7) is 7.36. The van der Waals surface area contributed by atoms with Crippen molar-refractivity contribution >= 4 is 34.9 Å². The number of methoxy groups -OCH3 is 2. The van der Waals surface area contributed by atoms with Gasteiger partial charge in [-0.05, 0) is 87.0 Å². The van der Waals surface area contributed by atoms with Gasteiger partial charge in [0.15, 0.2) is 0 Å². The summed E-state index contributed by atoms with van der Waals surface area (Å²) in [6, 6.07) is 19.3. The fourth-order valence-electron chi connectivity index (χ4n) is 4.93. The van der Waals surface area contributed by atoms with E-state index in [-0.39, 0.29) is 17.8 Å². The molecule has 1 saturated heterocycles. The first-order valence-corrected chi connectivity index (χ1v) is 14.2. The minimum absolute atomic E-state index is 0.103. The second kappa shape index (κ2) is 14.2. The molecule has 10 heteroatoms. The first-order chi connectivity index (χ1) is 20.4. The molecule has 1 fully saturated rings. The SMILES string of the molecule is CCN(CC)C(=O)c1cc(NC(=O)c2ccc(OC)cc2)ccc1N1CCCN(C(=O)Nc2ccc(OC)cc2)CC1. The average Bonchev–Trinajstić information content (AvgIpc) is 3.28. The van der Waals surface area contributed by atoms with Crippen molar-refractivity contribution in [2.75, 3.05) is 69.0 Å². The van der Waals surface area contributed by atoms with Gasteiger partial charge in [-0.1, -0.05) is 0 Å². The average molecular weight is 574 g/mol. The second-order valence-corrected chi connectivity index (χ2v) is 9.88. The molecule has 222 valence electrons. The summed E-state index contributed by atoms with van der Waals surface area (Å²) in [5, 5.41) is 5.88. The van der Waals surface area contributed by atoms with Crippen LogP contribution in [0.25, 0.3) is 0 Å². The van der Waals surface area contributed by atoms with Crippen LogP contribution in [0.15, 0.2) is 66.7 Å². The molecule has 1 aliphatic heterocycles. The van der Waals surface area contributed by atoms with Crippen molar-refractivity contribution in [1.29, 1.82) is 0 Å². The third-order valence-corrected chi connectivity index (χ3v) is 7.35. The van der Waals surface area contributed by atoms with Crippen LogP contribution in [0.4, 0.5) is 21.9 Å². The predicted octanol–water partition coefficient (Wildman–Crippen LogP) is 5.18. The van der Waals surface area contributed by atoms with Gasteiger partial charge in [-0.15, -0.1) is 0 Å². The molecular weight excluding hydrogens is 534 g/mol. The van der Waals surface area contributed by atoms with Gasteiger partial charge in [0, 0.05) is 61.9 Å². The summed E-state index contributed by atoms with van der Waals surface area (Å²) in [7, 11) is 3.17. The van der Waals surface area contributed by atoms with Crippen LogP contribution in [0.2, 0.25) is 0 Å². The molecule has 4 rings (SSSR count). The zero-order valence-corrected chi connectivity index (χ0v) is 24.7. The zero-order chi connectivity index (χ0) is 30.1. The van der Waals surface area contributed by atoms with Crippen molar-refractivity contribution in [3.63, 3.8) is 0 Å². The third-order valence-electron chi connectivity index (χ3n) is 7.35. The van der Waals surface area contributed by atoms with E-state index in [1.54, 1.807) is 78.6 Å². The summed E-state index contributed by atoms with van der Waals surface area (Å²) < 4.78 is 10.4. The highest BCUT2D eigenvalue weighted by molar-refractivity contribution is 6.06. The molecule has 3 aromatic rings. The maximum absolute atomic E-state index is 13.6. The van der Waals surface area contributed by atoms with Gasteiger partial charge < -0.3 is 34.8 Å². The molecule has 0 bridgehead atoms. The molecule has 10 nitrogen and oxygen atoms in total. The second-order valence-electron chi connectivity index (χ2n) is 9.88. The van der Waals surface area contributed by atoms with Crippen LogP contribution in [0, 0.1) is 0 Å². The Morgan fingerprint density at radius 2 is 1.38 bits per heavy atom. The van der Waals surface area contributed by atoms with E-state index in [9.17, 15) is 14.4 Å². The number of nitrogens with zero attached hydrogens (tertiary/aromatic N) is 3. The molecule has 0 aliphatic carbocycles. The lowest BCUT2D eigenvalue weighted by atomic mass is 10.1. The molecule has 0 radical (unpaired) electrons. The quantitative estimate of drug-likeness (QED) is 0.366. The summed E-state index contributed by atoms with van der Waals surface area (Å²) in [5.74, 6) is 1.01. The summed E-state index contributed by atoms with van der Waals surface area (Å²) in [5.41, 5.74) is 3.01. The van der Waals surface area contributed by atoms with E-state index < -0.39 is 0 Å². The number of benzene rings is 3. The number of hydrogen-bond donors (Lipinski definition) is 2. The normalized spacial score (nSPS) is 13.1. The van der Waals surface area contributed by atoms with Crippen LogP contribution in [-0.2, 0) is 0 Å². The number of rotatable bonds is 9. The van der Waals surface area contributed by atoms with E-state index in [1.165, 1.54) is 0 Å². The number of nitrogens with one attached hydrogen (secondary N) is 2. The van der Waals surface area contributed by atoms with Gasteiger partial charge >= 0.3 is 6.03 Å². The number of carbonyl (C=O) groups is 3. The number of carbonyl (C=O) groups excluding carboxylic acids is 3. The minimum atomic E-state index is -0.278. The van der Waals surface area contributed by atoms with Crippen molar-refractivity contribution in [3.05, 3.63) is 77.9 Å². The molecular formula is C32H39N5O5. The fraction of sp³-hybridized carbons (Fsp3) is 0.344. The summed E-state index contributed by atoms with van der Waals surface area (Å²) in [6.07, 6.45) is 0.741. The van der Waals surface area contributed by atoms with Crippen molar-refractivity contribution in [2.24, 2.45) is 0 Å². The van der Waals surface area contributed by atoms with Gasteiger partial charge in [0.05, 0.1) is 19.8 Å². The number of urea groups is 1. The molecule has 0 spiro atoms. The van der Waals surface area contributed by atoms with Crippen LogP contribution < -0.4 is 25.0 Å². The van der Waals surface area contributed by atoms with Crippen LogP contribution >= 0.6 is 0 Å². The Hall–Kier alpha value is -4.73. The highest BCUT2D eigenvalue weighted by Crippen LogP contribution is 2.28. The Balaban J connectivity index is 1.51. The van der Waals surface area contributed by atoms with Crippen LogP contribution in [0.5, 0.6) is 11.5 Å². The number of hydrogen-bond acceptors (Lipinski definition) is 6. The van der Waals surface area contributed by atoms with Crippen LogP contribution in [-0.4, -0.2) is 81.1 Å². The van der Waals surface area contributed by atoms with Gasteiger partial charge in [0.1, 0.15) is 11.5 Å². The first-order valence-electron chi connectivity index (χ1n) is 14.2. The lowest BCUT2D eigenvalue weighted by Crippen LogP contribution is -2.38. The smallest absolute Gasteiger partial charge is 0.321 e. The zero-order valence-electron chi connectivity index (χ0n) is 24.7. The molecule has 0 atom stereocenters. The largest absolute Gasteiger partial charge is 0.497 e. The van der Waals surface area contributed by atoms with Gasteiger partial charge in [0.2, 0.25) is 0 Å². The molecule has 4 amide bonds. The van der Waals surface area contributed by atoms with Crippen molar-refractivity contribution < 1.29 is 23.9 Å². The molecule has 0 aromatic heterocycles. The van der Waals surface area contributed by atoms with E-state index >= 15 is 0 Å². The Bertz CT molecular complexity index is 1370. The first kappa shape index (κ1) is 30.2. The highest BCUT2D eigenvalue weighted by atomic mass is 16.5. The van der Waals surface area contributed by atoms with E-state index in [2.05, 4.69) is 15.5 Å². The highest BCUT2D eigenvalue weighted by Gasteiger charge is 2.25. The van der Waals surface area contributed by atoms with Gasteiger partial charge in [0.25, 0.3) is 11.8 Å². The molecule has 0 saturated carbocycles. The molecule has 1 aliphatic rings. The summed E-state index contributed by atoms with van der Waals surface area (Å²) >= 11 is 0.